The van der Waals surface area contributed by atoms with Crippen molar-refractivity contribution in [3.63, 3.8) is 0 Å². The monoisotopic (exact) mass is 311 g/mol. The predicted molar refractivity (Wildman–Crippen MR) is 73.5 cm³/mol. The maximum Gasteiger partial charge on any atom is 0.445 e. The zero-order valence-electron chi connectivity index (χ0n) is 10.6. The molecule has 0 aromatic heterocycles. The second-order valence-electron chi connectivity index (χ2n) is 4.70. The molecule has 1 aromatic carbocycles. The molecule has 1 N–H and O–H groups in total. The molecule has 0 amide bonds. The molecule has 6 heteroatoms. The van der Waals surface area contributed by atoms with E-state index < -0.39 is 11.8 Å². The van der Waals surface area contributed by atoms with Gasteiger partial charge in [0, 0.05) is 21.8 Å². The maximum absolute atomic E-state index is 13.7. The summed E-state index contributed by atoms with van der Waals surface area (Å²) in [6.45, 7) is 3.44. The van der Waals surface area contributed by atoms with Crippen LogP contribution in [0.1, 0.15) is 12.0 Å². The van der Waals surface area contributed by atoms with Gasteiger partial charge in [-0.1, -0.05) is 23.6 Å². The van der Waals surface area contributed by atoms with Crippen molar-refractivity contribution in [1.29, 1.82) is 0 Å². The van der Waals surface area contributed by atoms with E-state index in [1.54, 1.807) is 6.08 Å². The minimum absolute atomic E-state index is 0.163. The van der Waals surface area contributed by atoms with E-state index in [9.17, 15) is 13.2 Å². The molecule has 0 saturated heterocycles. The van der Waals surface area contributed by atoms with Crippen molar-refractivity contribution in [2.24, 2.45) is 0 Å². The van der Waals surface area contributed by atoms with Crippen LogP contribution in [0, 0.1) is 11.8 Å². The quantitative estimate of drug-likeness (QED) is 0.719. The fourth-order valence-corrected chi connectivity index (χ4v) is 2.20. The molecule has 3 rings (SSSR count). The van der Waals surface area contributed by atoms with Gasteiger partial charge in [0.1, 0.15) is 0 Å². The highest BCUT2D eigenvalue weighted by atomic mass is 35.5. The number of hydrogen-bond acceptors (Lipinski definition) is 2. The average molecular weight is 312 g/mol. The largest absolute Gasteiger partial charge is 0.446 e. The lowest BCUT2D eigenvalue weighted by atomic mass is 9.90. The van der Waals surface area contributed by atoms with Crippen molar-refractivity contribution >= 4 is 17.3 Å². The molecule has 0 fully saturated rings. The summed E-state index contributed by atoms with van der Waals surface area (Å²) in [5.41, 5.74) is -2.04. The molecule has 2 aliphatic rings. The number of anilines is 1. The zero-order valence-corrected chi connectivity index (χ0v) is 11.4. The Bertz CT molecular complexity index is 727. The average Bonchev–Trinajstić information content (AvgIpc) is 3.19. The van der Waals surface area contributed by atoms with Crippen LogP contribution in [0.5, 0.6) is 0 Å². The molecule has 21 heavy (non-hydrogen) atoms. The zero-order chi connectivity index (χ0) is 15.3. The molecule has 0 saturated carbocycles. The number of hydrogen-bond donors (Lipinski definition) is 1. The fraction of sp³-hybridized carbons (Fsp3) is 0.200. The molecule has 0 spiro atoms. The number of nitrogens with one attached hydrogen (secondary N) is 1. The summed E-state index contributed by atoms with van der Waals surface area (Å²) in [5.74, 6) is 4.53. The molecule has 0 bridgehead atoms. The molecule has 2 nitrogen and oxygen atoms in total. The van der Waals surface area contributed by atoms with Crippen LogP contribution < -0.4 is 5.32 Å². The third-order valence-electron chi connectivity index (χ3n) is 3.12. The second kappa shape index (κ2) is 4.47. The van der Waals surface area contributed by atoms with E-state index in [0.717, 1.165) is 0 Å². The summed E-state index contributed by atoms with van der Waals surface area (Å²) in [6, 6.07) is 4.15. The molecule has 0 unspecified atom stereocenters. The Morgan fingerprint density at radius 2 is 2.10 bits per heavy atom. The lowest BCUT2D eigenvalue weighted by Gasteiger charge is -2.38. The van der Waals surface area contributed by atoms with Crippen molar-refractivity contribution in [1.82, 2.24) is 0 Å². The standard InChI is InChI=1S/C15H9ClF3NO/c1-9-20-13-5-4-11(16)8-12(13)14(21-9,15(17,18)19)7-6-10-2-3-10/h2,4-5,8,20H,1,3H2/t14-/m0/s1. The first-order chi connectivity index (χ1) is 9.82. The summed E-state index contributed by atoms with van der Waals surface area (Å²) in [6.07, 6.45) is -2.38. The minimum atomic E-state index is -4.74. The summed E-state index contributed by atoms with van der Waals surface area (Å²) in [4.78, 5) is 0. The first-order valence-corrected chi connectivity index (χ1v) is 6.43. The van der Waals surface area contributed by atoms with Gasteiger partial charge in [-0.25, -0.2) is 0 Å². The van der Waals surface area contributed by atoms with E-state index in [1.807, 2.05) is 0 Å². The van der Waals surface area contributed by atoms with Gasteiger partial charge in [-0.2, -0.15) is 13.2 Å². The molecular weight excluding hydrogens is 303 g/mol. The number of halogens is 4. The van der Waals surface area contributed by atoms with Gasteiger partial charge in [0.05, 0.1) is 0 Å². The van der Waals surface area contributed by atoms with Gasteiger partial charge in [0.25, 0.3) is 5.60 Å². The Labute approximate surface area is 124 Å². The van der Waals surface area contributed by atoms with Crippen LogP contribution in [-0.2, 0) is 10.3 Å². The molecule has 1 aliphatic heterocycles. The molecule has 1 heterocycles. The predicted octanol–water partition coefficient (Wildman–Crippen LogP) is 4.34. The summed E-state index contributed by atoms with van der Waals surface area (Å²) < 4.78 is 46.1. The van der Waals surface area contributed by atoms with E-state index in [1.165, 1.54) is 18.2 Å². The van der Waals surface area contributed by atoms with Crippen molar-refractivity contribution in [2.75, 3.05) is 5.32 Å². The van der Waals surface area contributed by atoms with Gasteiger partial charge in [0.2, 0.25) is 0 Å². The minimum Gasteiger partial charge on any atom is -0.446 e. The fourth-order valence-electron chi connectivity index (χ4n) is 2.03. The van der Waals surface area contributed by atoms with Crippen molar-refractivity contribution in [3.8, 4) is 11.8 Å². The lowest BCUT2D eigenvalue weighted by molar-refractivity contribution is -0.248. The van der Waals surface area contributed by atoms with Crippen LogP contribution in [0.2, 0.25) is 5.02 Å². The Morgan fingerprint density at radius 1 is 1.38 bits per heavy atom. The van der Waals surface area contributed by atoms with Gasteiger partial charge in [-0.15, -0.1) is 0 Å². The van der Waals surface area contributed by atoms with Gasteiger partial charge in [-0.05, 0) is 37.1 Å². The summed E-state index contributed by atoms with van der Waals surface area (Å²) in [7, 11) is 0. The van der Waals surface area contributed by atoms with Gasteiger partial charge in [0.15, 0.2) is 5.88 Å². The Balaban J connectivity index is 2.24. The van der Waals surface area contributed by atoms with Crippen LogP contribution >= 0.6 is 11.6 Å². The number of alkyl halides is 3. The molecule has 108 valence electrons. The topological polar surface area (TPSA) is 21.3 Å². The molecule has 1 aliphatic carbocycles. The number of rotatable bonds is 0. The van der Waals surface area contributed by atoms with E-state index in [4.69, 9.17) is 16.3 Å². The summed E-state index contributed by atoms with van der Waals surface area (Å²) >= 11 is 5.83. The SMILES string of the molecule is C=C1Nc2ccc(Cl)cc2[C@@](C#CC2=CC2)(C(F)(F)F)O1. The van der Waals surface area contributed by atoms with Crippen LogP contribution in [0.4, 0.5) is 18.9 Å². The first-order valence-electron chi connectivity index (χ1n) is 6.06. The maximum atomic E-state index is 13.7. The Morgan fingerprint density at radius 3 is 2.71 bits per heavy atom. The van der Waals surface area contributed by atoms with Crippen molar-refractivity contribution in [3.05, 3.63) is 52.9 Å². The number of allylic oxidation sites excluding steroid dienone is 2. The Kier molecular flexibility index (Phi) is 2.96. The van der Waals surface area contributed by atoms with Crippen LogP contribution in [-0.4, -0.2) is 6.18 Å². The number of benzene rings is 1. The van der Waals surface area contributed by atoms with E-state index in [-0.39, 0.29) is 22.2 Å². The van der Waals surface area contributed by atoms with Gasteiger partial charge in [-0.3, -0.25) is 0 Å². The van der Waals surface area contributed by atoms with E-state index >= 15 is 0 Å². The molecule has 1 aromatic rings. The highest BCUT2D eigenvalue weighted by Crippen LogP contribution is 2.49. The molecule has 0 radical (unpaired) electrons. The smallest absolute Gasteiger partial charge is 0.445 e. The third kappa shape index (κ3) is 2.36. The molecule has 1 atom stereocenters. The van der Waals surface area contributed by atoms with E-state index in [2.05, 4.69) is 23.7 Å². The first kappa shape index (κ1) is 13.9. The van der Waals surface area contributed by atoms with Crippen LogP contribution in [0.3, 0.4) is 0 Å². The number of fused-ring (bicyclic) bond motifs is 1. The van der Waals surface area contributed by atoms with Crippen molar-refractivity contribution in [2.45, 2.75) is 18.2 Å². The highest BCUT2D eigenvalue weighted by molar-refractivity contribution is 6.30. The normalized spacial score (nSPS) is 23.0. The highest BCUT2D eigenvalue weighted by Gasteiger charge is 2.61. The van der Waals surface area contributed by atoms with Crippen molar-refractivity contribution < 1.29 is 17.9 Å². The number of ether oxygens (including phenoxy) is 1. The molecular formula is C15H9ClF3NO. The van der Waals surface area contributed by atoms with Gasteiger partial charge >= 0.3 is 6.18 Å². The summed E-state index contributed by atoms with van der Waals surface area (Å²) in [5, 5.41) is 2.83. The van der Waals surface area contributed by atoms with Crippen LogP contribution in [0.15, 0.2) is 42.3 Å². The van der Waals surface area contributed by atoms with E-state index in [0.29, 0.717) is 12.0 Å². The lowest BCUT2D eigenvalue weighted by Crippen LogP contribution is -2.46. The third-order valence-corrected chi connectivity index (χ3v) is 3.35. The van der Waals surface area contributed by atoms with Crippen LogP contribution in [0.25, 0.3) is 0 Å². The Hall–Kier alpha value is -2.06. The second-order valence-corrected chi connectivity index (χ2v) is 5.14. The van der Waals surface area contributed by atoms with Gasteiger partial charge < -0.3 is 10.1 Å².